The number of fused-ring (bicyclic) bond motifs is 1. The van der Waals surface area contributed by atoms with Crippen LogP contribution in [0.15, 0.2) is 42.5 Å². The van der Waals surface area contributed by atoms with Crippen molar-refractivity contribution in [1.82, 2.24) is 4.98 Å². The van der Waals surface area contributed by atoms with Gasteiger partial charge >= 0.3 is 5.97 Å². The zero-order valence-corrected chi connectivity index (χ0v) is 16.7. The molecule has 0 spiro atoms. The van der Waals surface area contributed by atoms with Gasteiger partial charge in [0.2, 0.25) is 0 Å². The number of H-pyrrole nitrogens is 1. The Morgan fingerprint density at radius 3 is 2.53 bits per heavy atom. The Hall–Kier alpha value is -4.00. The summed E-state index contributed by atoms with van der Waals surface area (Å²) in [5, 5.41) is 12.3. The van der Waals surface area contributed by atoms with Crippen LogP contribution in [0.25, 0.3) is 22.8 Å². The number of carboxylic acids is 1. The summed E-state index contributed by atoms with van der Waals surface area (Å²) >= 11 is 0. The Morgan fingerprint density at radius 2 is 1.83 bits per heavy atom. The lowest BCUT2D eigenvalue weighted by Crippen LogP contribution is -2.04. The number of benzene rings is 2. The molecule has 1 amide bonds. The zero-order chi connectivity index (χ0) is 21.4. The van der Waals surface area contributed by atoms with E-state index in [0.717, 1.165) is 11.1 Å². The number of amides is 1. The number of carbonyl (C=O) groups is 2. The van der Waals surface area contributed by atoms with Gasteiger partial charge in [-0.2, -0.15) is 0 Å². The first-order valence-electron chi connectivity index (χ1n) is 9.24. The highest BCUT2D eigenvalue weighted by Crippen LogP contribution is 2.42. The van der Waals surface area contributed by atoms with Gasteiger partial charge in [0.05, 0.1) is 31.1 Å². The molecule has 0 atom stereocenters. The maximum absolute atomic E-state index is 12.7. The minimum atomic E-state index is -1.06. The van der Waals surface area contributed by atoms with E-state index in [1.165, 1.54) is 0 Å². The van der Waals surface area contributed by atoms with Gasteiger partial charge in [-0.15, -0.1) is 0 Å². The standard InChI is InChI=1S/C23H20N2O5/c1-12-9-15(23(27)28)18(24-12)11-16-21-14(5-4-6-17(21)25-22(16)26)13-7-8-19(29-2)20(10-13)30-3/h4-11,24H,1-3H3,(H,25,26)(H,27,28)/b16-11-. The van der Waals surface area contributed by atoms with Crippen molar-refractivity contribution < 1.29 is 24.2 Å². The molecular formula is C23H20N2O5. The van der Waals surface area contributed by atoms with E-state index in [4.69, 9.17) is 9.47 Å². The molecule has 0 radical (unpaired) electrons. The number of methoxy groups -OCH3 is 2. The Labute approximate surface area is 173 Å². The Bertz CT molecular complexity index is 1210. The molecule has 3 aromatic rings. The molecule has 0 unspecified atom stereocenters. The lowest BCUT2D eigenvalue weighted by Gasteiger charge is -2.12. The molecule has 0 saturated heterocycles. The number of carboxylic acid groups (broad SMARTS) is 1. The summed E-state index contributed by atoms with van der Waals surface area (Å²) in [5.74, 6) is -0.171. The van der Waals surface area contributed by atoms with Crippen LogP contribution >= 0.6 is 0 Å². The molecule has 3 N–H and O–H groups in total. The monoisotopic (exact) mass is 404 g/mol. The maximum Gasteiger partial charge on any atom is 0.337 e. The highest BCUT2D eigenvalue weighted by atomic mass is 16.5. The van der Waals surface area contributed by atoms with Crippen LogP contribution in [0.5, 0.6) is 11.5 Å². The number of anilines is 1. The molecule has 2 aromatic carbocycles. The summed E-state index contributed by atoms with van der Waals surface area (Å²) in [6, 6.07) is 12.7. The number of aromatic carboxylic acids is 1. The Kier molecular flexibility index (Phi) is 4.79. The van der Waals surface area contributed by atoms with E-state index < -0.39 is 5.97 Å². The van der Waals surface area contributed by atoms with Gasteiger partial charge in [0.15, 0.2) is 11.5 Å². The minimum Gasteiger partial charge on any atom is -0.493 e. The van der Waals surface area contributed by atoms with Crippen molar-refractivity contribution in [2.75, 3.05) is 19.5 Å². The summed E-state index contributed by atoms with van der Waals surface area (Å²) < 4.78 is 10.7. The van der Waals surface area contributed by atoms with Crippen molar-refractivity contribution >= 4 is 29.2 Å². The fraction of sp³-hybridized carbons (Fsp3) is 0.130. The van der Waals surface area contributed by atoms with Crippen LogP contribution in [0.3, 0.4) is 0 Å². The largest absolute Gasteiger partial charge is 0.493 e. The number of ether oxygens (including phenoxy) is 2. The van der Waals surface area contributed by atoms with Crippen molar-refractivity contribution in [3.05, 3.63) is 65.0 Å². The summed E-state index contributed by atoms with van der Waals surface area (Å²) in [7, 11) is 3.13. The van der Waals surface area contributed by atoms with E-state index in [2.05, 4.69) is 10.3 Å². The number of aromatic amines is 1. The van der Waals surface area contributed by atoms with Crippen LogP contribution in [0.4, 0.5) is 5.69 Å². The second-order valence-corrected chi connectivity index (χ2v) is 6.89. The molecule has 0 bridgehead atoms. The minimum absolute atomic E-state index is 0.116. The van der Waals surface area contributed by atoms with Crippen LogP contribution in [0.1, 0.15) is 27.3 Å². The van der Waals surface area contributed by atoms with Gasteiger partial charge in [-0.05, 0) is 48.4 Å². The number of carbonyl (C=O) groups excluding carboxylic acids is 1. The van der Waals surface area contributed by atoms with E-state index in [-0.39, 0.29) is 11.5 Å². The van der Waals surface area contributed by atoms with Gasteiger partial charge in [0, 0.05) is 16.9 Å². The van der Waals surface area contributed by atoms with E-state index in [9.17, 15) is 14.7 Å². The first kappa shape index (κ1) is 19.3. The van der Waals surface area contributed by atoms with Gasteiger partial charge in [-0.25, -0.2) is 4.79 Å². The third-order valence-corrected chi connectivity index (χ3v) is 5.02. The first-order valence-corrected chi connectivity index (χ1v) is 9.24. The predicted octanol–water partition coefficient (Wildman–Crippen LogP) is 4.20. The first-order chi connectivity index (χ1) is 14.4. The highest BCUT2D eigenvalue weighted by Gasteiger charge is 2.28. The number of aromatic nitrogens is 1. The zero-order valence-electron chi connectivity index (χ0n) is 16.7. The van der Waals surface area contributed by atoms with Gasteiger partial charge in [0.25, 0.3) is 5.91 Å². The molecule has 0 aliphatic carbocycles. The topological polar surface area (TPSA) is 101 Å². The molecule has 7 nitrogen and oxygen atoms in total. The van der Waals surface area contributed by atoms with Crippen molar-refractivity contribution in [2.45, 2.75) is 6.92 Å². The Morgan fingerprint density at radius 1 is 1.07 bits per heavy atom. The van der Waals surface area contributed by atoms with Gasteiger partial charge in [-0.3, -0.25) is 4.79 Å². The van der Waals surface area contributed by atoms with Crippen molar-refractivity contribution in [2.24, 2.45) is 0 Å². The summed E-state index contributed by atoms with van der Waals surface area (Å²) in [6.45, 7) is 1.77. The smallest absolute Gasteiger partial charge is 0.337 e. The second kappa shape index (κ2) is 7.44. The molecule has 1 aliphatic heterocycles. The predicted molar refractivity (Wildman–Crippen MR) is 114 cm³/mol. The molecule has 152 valence electrons. The van der Waals surface area contributed by atoms with Crippen LogP contribution in [-0.2, 0) is 4.79 Å². The normalized spacial score (nSPS) is 13.8. The maximum atomic E-state index is 12.7. The second-order valence-electron chi connectivity index (χ2n) is 6.89. The van der Waals surface area contributed by atoms with Gasteiger partial charge in [0.1, 0.15) is 0 Å². The fourth-order valence-corrected chi connectivity index (χ4v) is 3.68. The van der Waals surface area contributed by atoms with Gasteiger partial charge in [-0.1, -0.05) is 18.2 Å². The lowest BCUT2D eigenvalue weighted by molar-refractivity contribution is -0.110. The van der Waals surface area contributed by atoms with E-state index >= 15 is 0 Å². The molecule has 30 heavy (non-hydrogen) atoms. The number of aryl methyl sites for hydroxylation is 1. The van der Waals surface area contributed by atoms with Crippen LogP contribution in [0.2, 0.25) is 0 Å². The Balaban J connectivity index is 1.90. The van der Waals surface area contributed by atoms with Crippen LogP contribution in [0, 0.1) is 6.92 Å². The van der Waals surface area contributed by atoms with Gasteiger partial charge < -0.3 is 24.9 Å². The van der Waals surface area contributed by atoms with E-state index in [1.54, 1.807) is 39.4 Å². The number of hydrogen-bond donors (Lipinski definition) is 3. The molecule has 1 aliphatic rings. The average Bonchev–Trinajstić information content (AvgIpc) is 3.27. The fourth-order valence-electron chi connectivity index (χ4n) is 3.68. The van der Waals surface area contributed by atoms with Crippen molar-refractivity contribution in [3.63, 3.8) is 0 Å². The third kappa shape index (κ3) is 3.20. The van der Waals surface area contributed by atoms with E-state index in [0.29, 0.717) is 39.7 Å². The average molecular weight is 404 g/mol. The van der Waals surface area contributed by atoms with E-state index in [1.807, 2.05) is 30.3 Å². The number of nitrogens with one attached hydrogen (secondary N) is 2. The SMILES string of the molecule is COc1ccc(-c2cccc3c2/C(=C/c2[nH]c(C)cc2C(=O)O)C(=O)N3)cc1OC. The molecule has 2 heterocycles. The molecular weight excluding hydrogens is 384 g/mol. The molecule has 4 rings (SSSR count). The molecule has 1 aromatic heterocycles. The lowest BCUT2D eigenvalue weighted by atomic mass is 9.94. The quantitative estimate of drug-likeness (QED) is 0.554. The third-order valence-electron chi connectivity index (χ3n) is 5.02. The summed E-state index contributed by atoms with van der Waals surface area (Å²) in [4.78, 5) is 27.3. The molecule has 0 fully saturated rings. The number of hydrogen-bond acceptors (Lipinski definition) is 4. The van der Waals surface area contributed by atoms with Crippen molar-refractivity contribution in [1.29, 1.82) is 0 Å². The van der Waals surface area contributed by atoms with Crippen molar-refractivity contribution in [3.8, 4) is 22.6 Å². The summed E-state index contributed by atoms with van der Waals surface area (Å²) in [5.41, 5.74) is 4.61. The summed E-state index contributed by atoms with van der Waals surface area (Å²) in [6.07, 6.45) is 1.59. The highest BCUT2D eigenvalue weighted by molar-refractivity contribution is 6.36. The molecule has 0 saturated carbocycles. The van der Waals surface area contributed by atoms with Crippen LogP contribution in [-0.4, -0.2) is 36.2 Å². The number of rotatable bonds is 5. The molecule has 7 heteroatoms. The van der Waals surface area contributed by atoms with Crippen LogP contribution < -0.4 is 14.8 Å².